The molecule has 1 rings (SSSR count). The van der Waals surface area contributed by atoms with Gasteiger partial charge in [-0.15, -0.1) is 0 Å². The second kappa shape index (κ2) is 8.51. The van der Waals surface area contributed by atoms with E-state index in [4.69, 9.17) is 0 Å². The van der Waals surface area contributed by atoms with E-state index in [1.807, 2.05) is 0 Å². The van der Waals surface area contributed by atoms with Crippen molar-refractivity contribution in [2.24, 2.45) is 0 Å². The number of phenolic OH excluding ortho intramolecular Hbond substituents is 1. The smallest absolute Gasteiger partial charge is 0.166 e. The SMILES string of the molecule is CCCCCCCCC(=O)c1cc(I)ccc1O. The second-order valence-electron chi connectivity index (χ2n) is 4.60. The number of Topliss-reactive ketones (excluding diaryl/α,β-unsaturated/α-hetero) is 1. The molecule has 18 heavy (non-hydrogen) atoms. The van der Waals surface area contributed by atoms with Crippen LogP contribution in [0.5, 0.6) is 5.75 Å². The van der Waals surface area contributed by atoms with Gasteiger partial charge in [-0.1, -0.05) is 39.0 Å². The summed E-state index contributed by atoms with van der Waals surface area (Å²) >= 11 is 2.15. The van der Waals surface area contributed by atoms with Crippen LogP contribution in [0.1, 0.15) is 62.2 Å². The molecule has 0 atom stereocenters. The summed E-state index contributed by atoms with van der Waals surface area (Å²) < 4.78 is 0.983. The minimum atomic E-state index is 0.0570. The Kier molecular flexibility index (Phi) is 7.32. The summed E-state index contributed by atoms with van der Waals surface area (Å²) in [6.45, 7) is 2.20. The van der Waals surface area contributed by atoms with Crippen LogP contribution >= 0.6 is 22.6 Å². The minimum Gasteiger partial charge on any atom is -0.507 e. The number of carbonyl (C=O) groups is 1. The fourth-order valence-corrected chi connectivity index (χ4v) is 2.42. The van der Waals surface area contributed by atoms with Crippen molar-refractivity contribution in [3.8, 4) is 5.75 Å². The predicted molar refractivity (Wildman–Crippen MR) is 83.1 cm³/mol. The number of unbranched alkanes of at least 4 members (excludes halogenated alkanes) is 5. The maximum absolute atomic E-state index is 11.9. The van der Waals surface area contributed by atoms with E-state index in [1.165, 1.54) is 25.7 Å². The zero-order valence-electron chi connectivity index (χ0n) is 10.9. The van der Waals surface area contributed by atoms with Crippen LogP contribution in [-0.2, 0) is 0 Å². The zero-order valence-corrected chi connectivity index (χ0v) is 13.1. The highest BCUT2D eigenvalue weighted by Crippen LogP contribution is 2.22. The van der Waals surface area contributed by atoms with E-state index < -0.39 is 0 Å². The number of halogens is 1. The van der Waals surface area contributed by atoms with Gasteiger partial charge >= 0.3 is 0 Å². The van der Waals surface area contributed by atoms with Crippen LogP contribution in [-0.4, -0.2) is 10.9 Å². The summed E-state index contributed by atoms with van der Waals surface area (Å²) in [6.07, 6.45) is 7.57. The third-order valence-electron chi connectivity index (χ3n) is 3.02. The van der Waals surface area contributed by atoms with Gasteiger partial charge < -0.3 is 5.11 Å². The Labute approximate surface area is 123 Å². The van der Waals surface area contributed by atoms with Gasteiger partial charge in [-0.05, 0) is 47.2 Å². The first-order valence-corrected chi connectivity index (χ1v) is 7.74. The molecule has 0 unspecified atom stereocenters. The highest BCUT2D eigenvalue weighted by atomic mass is 127. The van der Waals surface area contributed by atoms with Crippen LogP contribution in [0, 0.1) is 3.57 Å². The molecule has 0 aliphatic heterocycles. The van der Waals surface area contributed by atoms with E-state index in [9.17, 15) is 9.90 Å². The number of ketones is 1. The highest BCUT2D eigenvalue weighted by molar-refractivity contribution is 14.1. The lowest BCUT2D eigenvalue weighted by molar-refractivity contribution is 0.0976. The highest BCUT2D eigenvalue weighted by Gasteiger charge is 2.10. The molecule has 0 amide bonds. The number of aromatic hydroxyl groups is 1. The fraction of sp³-hybridized carbons (Fsp3) is 0.533. The van der Waals surface area contributed by atoms with Crippen LogP contribution in [0.2, 0.25) is 0 Å². The van der Waals surface area contributed by atoms with E-state index >= 15 is 0 Å². The van der Waals surface area contributed by atoms with Crippen molar-refractivity contribution in [3.05, 3.63) is 27.3 Å². The fourth-order valence-electron chi connectivity index (χ4n) is 1.93. The Balaban J connectivity index is 2.34. The third-order valence-corrected chi connectivity index (χ3v) is 3.69. The van der Waals surface area contributed by atoms with Gasteiger partial charge in [0, 0.05) is 9.99 Å². The molecule has 0 saturated carbocycles. The molecule has 1 aromatic rings. The molecule has 0 fully saturated rings. The average Bonchev–Trinajstić information content (AvgIpc) is 2.36. The first-order valence-electron chi connectivity index (χ1n) is 6.67. The summed E-state index contributed by atoms with van der Waals surface area (Å²) in [5.41, 5.74) is 0.468. The molecular formula is C15H21IO2. The zero-order chi connectivity index (χ0) is 13.4. The van der Waals surface area contributed by atoms with Crippen LogP contribution in [0.25, 0.3) is 0 Å². The van der Waals surface area contributed by atoms with Gasteiger partial charge in [0.15, 0.2) is 5.78 Å². The van der Waals surface area contributed by atoms with E-state index in [1.54, 1.807) is 18.2 Å². The number of hydrogen-bond acceptors (Lipinski definition) is 2. The number of benzene rings is 1. The molecule has 0 saturated heterocycles. The molecule has 0 heterocycles. The van der Waals surface area contributed by atoms with Crippen molar-refractivity contribution in [2.45, 2.75) is 51.9 Å². The lowest BCUT2D eigenvalue weighted by Gasteiger charge is -2.04. The van der Waals surface area contributed by atoms with Gasteiger partial charge in [0.05, 0.1) is 5.56 Å². The molecule has 0 aromatic heterocycles. The van der Waals surface area contributed by atoms with Gasteiger partial charge in [0.25, 0.3) is 0 Å². The summed E-state index contributed by atoms with van der Waals surface area (Å²) in [6, 6.07) is 5.16. The van der Waals surface area contributed by atoms with Gasteiger partial charge in [-0.25, -0.2) is 0 Å². The first-order chi connectivity index (χ1) is 8.65. The largest absolute Gasteiger partial charge is 0.507 e. The van der Waals surface area contributed by atoms with Crippen molar-refractivity contribution in [1.29, 1.82) is 0 Å². The Bertz CT molecular complexity index is 388. The van der Waals surface area contributed by atoms with Gasteiger partial charge in [-0.2, -0.15) is 0 Å². The molecule has 0 bridgehead atoms. The lowest BCUT2D eigenvalue weighted by Crippen LogP contribution is -2.00. The molecular weight excluding hydrogens is 339 g/mol. The number of hydrogen-bond donors (Lipinski definition) is 1. The Hall–Kier alpha value is -0.580. The number of phenols is 1. The van der Waals surface area contributed by atoms with Crippen molar-refractivity contribution in [2.75, 3.05) is 0 Å². The summed E-state index contributed by atoms with van der Waals surface area (Å²) in [7, 11) is 0. The summed E-state index contributed by atoms with van der Waals surface area (Å²) in [4.78, 5) is 11.9. The van der Waals surface area contributed by atoms with Gasteiger partial charge in [0.1, 0.15) is 5.75 Å². The molecule has 1 aromatic carbocycles. The topological polar surface area (TPSA) is 37.3 Å². The van der Waals surface area contributed by atoms with Crippen molar-refractivity contribution >= 4 is 28.4 Å². The van der Waals surface area contributed by atoms with Crippen molar-refractivity contribution in [1.82, 2.24) is 0 Å². The normalized spacial score (nSPS) is 10.6. The van der Waals surface area contributed by atoms with Crippen molar-refractivity contribution in [3.63, 3.8) is 0 Å². The number of rotatable bonds is 8. The maximum Gasteiger partial charge on any atom is 0.166 e. The molecule has 0 radical (unpaired) electrons. The van der Waals surface area contributed by atoms with Crippen LogP contribution in [0.15, 0.2) is 18.2 Å². The van der Waals surface area contributed by atoms with E-state index in [0.29, 0.717) is 12.0 Å². The molecule has 2 nitrogen and oxygen atoms in total. The molecule has 3 heteroatoms. The molecule has 0 aliphatic rings. The quantitative estimate of drug-likeness (QED) is 0.405. The predicted octanol–water partition coefficient (Wildman–Crippen LogP) is 4.93. The molecule has 1 N–H and O–H groups in total. The summed E-state index contributed by atoms with van der Waals surface area (Å²) in [5.74, 6) is 0.160. The van der Waals surface area contributed by atoms with E-state index in [-0.39, 0.29) is 11.5 Å². The molecule has 0 spiro atoms. The molecule has 0 aliphatic carbocycles. The number of carbonyl (C=O) groups excluding carboxylic acids is 1. The van der Waals surface area contributed by atoms with Gasteiger partial charge in [-0.3, -0.25) is 4.79 Å². The van der Waals surface area contributed by atoms with Crippen LogP contribution in [0.4, 0.5) is 0 Å². The Morgan fingerprint density at radius 2 is 1.83 bits per heavy atom. The minimum absolute atomic E-state index is 0.0570. The Morgan fingerprint density at radius 3 is 2.56 bits per heavy atom. The maximum atomic E-state index is 11.9. The third kappa shape index (κ3) is 5.38. The van der Waals surface area contributed by atoms with Crippen LogP contribution in [0.3, 0.4) is 0 Å². The van der Waals surface area contributed by atoms with E-state index in [0.717, 1.165) is 16.4 Å². The van der Waals surface area contributed by atoms with Gasteiger partial charge in [0.2, 0.25) is 0 Å². The monoisotopic (exact) mass is 360 g/mol. The van der Waals surface area contributed by atoms with Crippen molar-refractivity contribution < 1.29 is 9.90 Å². The van der Waals surface area contributed by atoms with Crippen LogP contribution < -0.4 is 0 Å². The van der Waals surface area contributed by atoms with E-state index in [2.05, 4.69) is 29.5 Å². The Morgan fingerprint density at radius 1 is 1.17 bits per heavy atom. The second-order valence-corrected chi connectivity index (χ2v) is 5.85. The average molecular weight is 360 g/mol. The first kappa shape index (κ1) is 15.5. The standard InChI is InChI=1S/C15H21IO2/c1-2-3-4-5-6-7-8-14(17)13-11-12(16)9-10-15(13)18/h9-11,18H,2-8H2,1H3. The summed E-state index contributed by atoms with van der Waals surface area (Å²) in [5, 5.41) is 9.65. The molecule has 100 valence electrons. The lowest BCUT2D eigenvalue weighted by atomic mass is 10.0.